The Labute approximate surface area is 120 Å². The van der Waals surface area contributed by atoms with Crippen LogP contribution in [0.4, 0.5) is 4.39 Å². The summed E-state index contributed by atoms with van der Waals surface area (Å²) in [5, 5.41) is 8.74. The van der Waals surface area contributed by atoms with Gasteiger partial charge in [-0.25, -0.2) is 9.18 Å². The van der Waals surface area contributed by atoms with Crippen LogP contribution < -0.4 is 0 Å². The van der Waals surface area contributed by atoms with Crippen molar-refractivity contribution in [3.05, 3.63) is 23.3 Å². The van der Waals surface area contributed by atoms with Crippen LogP contribution in [-0.4, -0.2) is 16.1 Å². The summed E-state index contributed by atoms with van der Waals surface area (Å²) in [4.78, 5) is 13.3. The molecule has 0 aliphatic heterocycles. The van der Waals surface area contributed by atoms with Crippen LogP contribution in [0.1, 0.15) is 80.9 Å². The second-order valence-electron chi connectivity index (χ2n) is 5.40. The van der Waals surface area contributed by atoms with Crippen molar-refractivity contribution in [1.29, 1.82) is 0 Å². The third kappa shape index (κ3) is 6.22. The lowest BCUT2D eigenvalue weighted by atomic mass is 10.1. The molecular weight excluding hydrogens is 257 g/mol. The van der Waals surface area contributed by atoms with E-state index in [-0.39, 0.29) is 5.69 Å². The first-order chi connectivity index (χ1) is 9.65. The summed E-state index contributed by atoms with van der Waals surface area (Å²) in [6.07, 6.45) is 11.9. The zero-order chi connectivity index (χ0) is 14.8. The number of aromatic amines is 1. The third-order valence-electron chi connectivity index (χ3n) is 3.59. The SMILES string of the molecule is CCCCCCCCCCCc1cc(F)c(C(=O)O)[nH]1. The van der Waals surface area contributed by atoms with Crippen LogP contribution in [0.5, 0.6) is 0 Å². The Morgan fingerprint density at radius 1 is 1.10 bits per heavy atom. The molecule has 1 aromatic heterocycles. The Balaban J connectivity index is 2.07. The van der Waals surface area contributed by atoms with Crippen molar-refractivity contribution in [2.24, 2.45) is 0 Å². The number of nitrogens with one attached hydrogen (secondary N) is 1. The Kier molecular flexibility index (Phi) is 8.00. The van der Waals surface area contributed by atoms with Gasteiger partial charge >= 0.3 is 5.97 Å². The number of carboxylic acid groups (broad SMARTS) is 1. The van der Waals surface area contributed by atoms with Crippen molar-refractivity contribution in [2.45, 2.75) is 71.1 Å². The molecule has 1 aromatic rings. The lowest BCUT2D eigenvalue weighted by Crippen LogP contribution is -1.99. The predicted molar refractivity (Wildman–Crippen MR) is 78.6 cm³/mol. The van der Waals surface area contributed by atoms with Gasteiger partial charge in [0.2, 0.25) is 0 Å². The highest BCUT2D eigenvalue weighted by Gasteiger charge is 2.13. The number of hydrogen-bond donors (Lipinski definition) is 2. The first kappa shape index (κ1) is 16.7. The van der Waals surface area contributed by atoms with E-state index in [1.54, 1.807) is 0 Å². The van der Waals surface area contributed by atoms with E-state index in [9.17, 15) is 9.18 Å². The highest BCUT2D eigenvalue weighted by Crippen LogP contribution is 2.14. The largest absolute Gasteiger partial charge is 0.476 e. The maximum Gasteiger partial charge on any atom is 0.355 e. The molecule has 0 saturated carbocycles. The van der Waals surface area contributed by atoms with E-state index >= 15 is 0 Å². The number of unbranched alkanes of at least 4 members (excludes halogenated alkanes) is 8. The number of carbonyl (C=O) groups is 1. The Bertz CT molecular complexity index is 401. The first-order valence-corrected chi connectivity index (χ1v) is 7.75. The molecule has 1 rings (SSSR count). The summed E-state index contributed by atoms with van der Waals surface area (Å²) in [5.41, 5.74) is 0.360. The number of hydrogen-bond acceptors (Lipinski definition) is 1. The number of aromatic carboxylic acids is 1. The van der Waals surface area contributed by atoms with E-state index in [1.807, 2.05) is 0 Å². The fraction of sp³-hybridized carbons (Fsp3) is 0.688. The van der Waals surface area contributed by atoms with Gasteiger partial charge in [0.1, 0.15) is 0 Å². The number of aromatic nitrogens is 1. The quantitative estimate of drug-likeness (QED) is 0.566. The Morgan fingerprint density at radius 3 is 2.15 bits per heavy atom. The van der Waals surface area contributed by atoms with Crippen LogP contribution in [0.15, 0.2) is 6.07 Å². The van der Waals surface area contributed by atoms with Crippen LogP contribution in [0.2, 0.25) is 0 Å². The van der Waals surface area contributed by atoms with E-state index < -0.39 is 11.8 Å². The zero-order valence-corrected chi connectivity index (χ0v) is 12.4. The molecule has 114 valence electrons. The fourth-order valence-corrected chi connectivity index (χ4v) is 2.40. The molecule has 0 radical (unpaired) electrons. The summed E-state index contributed by atoms with van der Waals surface area (Å²) in [6, 6.07) is 1.30. The topological polar surface area (TPSA) is 53.1 Å². The van der Waals surface area contributed by atoms with E-state index in [2.05, 4.69) is 11.9 Å². The minimum absolute atomic E-state index is 0.323. The smallest absolute Gasteiger partial charge is 0.355 e. The molecule has 0 aromatic carbocycles. The minimum atomic E-state index is -1.24. The zero-order valence-electron chi connectivity index (χ0n) is 12.4. The summed E-state index contributed by atoms with van der Waals surface area (Å²) < 4.78 is 13.2. The van der Waals surface area contributed by atoms with E-state index in [0.717, 1.165) is 19.3 Å². The first-order valence-electron chi connectivity index (χ1n) is 7.75. The van der Waals surface area contributed by atoms with Crippen molar-refractivity contribution in [3.8, 4) is 0 Å². The van der Waals surface area contributed by atoms with Crippen LogP contribution in [0.3, 0.4) is 0 Å². The molecule has 0 aliphatic carbocycles. The molecule has 0 saturated heterocycles. The van der Waals surface area contributed by atoms with Crippen molar-refractivity contribution >= 4 is 5.97 Å². The van der Waals surface area contributed by atoms with Crippen LogP contribution in [0, 0.1) is 5.82 Å². The molecule has 0 bridgehead atoms. The predicted octanol–water partition coefficient (Wildman–Crippen LogP) is 4.93. The molecule has 1 heterocycles. The molecule has 4 heteroatoms. The van der Waals surface area contributed by atoms with Crippen LogP contribution in [-0.2, 0) is 6.42 Å². The maximum absolute atomic E-state index is 13.2. The molecule has 3 nitrogen and oxygen atoms in total. The van der Waals surface area contributed by atoms with Gasteiger partial charge in [0.05, 0.1) is 0 Å². The molecular formula is C16H26FNO2. The van der Waals surface area contributed by atoms with Gasteiger partial charge in [0, 0.05) is 5.69 Å². The standard InChI is InChI=1S/C16H26FNO2/c1-2-3-4-5-6-7-8-9-10-11-13-12-14(17)15(18-13)16(19)20/h12,18H,2-11H2,1H3,(H,19,20). The van der Waals surface area contributed by atoms with Gasteiger partial charge in [-0.1, -0.05) is 58.3 Å². The van der Waals surface area contributed by atoms with Crippen molar-refractivity contribution in [1.82, 2.24) is 4.98 Å². The van der Waals surface area contributed by atoms with E-state index in [1.165, 1.54) is 51.0 Å². The molecule has 0 aliphatic rings. The van der Waals surface area contributed by atoms with Gasteiger partial charge in [0.15, 0.2) is 11.5 Å². The summed E-state index contributed by atoms with van der Waals surface area (Å²) in [6.45, 7) is 2.22. The normalized spacial score (nSPS) is 10.9. The average molecular weight is 283 g/mol. The van der Waals surface area contributed by atoms with Gasteiger partial charge in [0.25, 0.3) is 0 Å². The van der Waals surface area contributed by atoms with E-state index in [4.69, 9.17) is 5.11 Å². The monoisotopic (exact) mass is 283 g/mol. The summed E-state index contributed by atoms with van der Waals surface area (Å²) in [5.74, 6) is -1.90. The Hall–Kier alpha value is -1.32. The average Bonchev–Trinajstić information content (AvgIpc) is 2.78. The number of H-pyrrole nitrogens is 1. The van der Waals surface area contributed by atoms with Gasteiger partial charge in [-0.3, -0.25) is 0 Å². The molecule has 20 heavy (non-hydrogen) atoms. The third-order valence-corrected chi connectivity index (χ3v) is 3.59. The Morgan fingerprint density at radius 2 is 1.65 bits per heavy atom. The van der Waals surface area contributed by atoms with E-state index in [0.29, 0.717) is 5.69 Å². The molecule has 0 fully saturated rings. The molecule has 0 unspecified atom stereocenters. The van der Waals surface area contributed by atoms with Crippen LogP contribution >= 0.6 is 0 Å². The molecule has 0 amide bonds. The lowest BCUT2D eigenvalue weighted by molar-refractivity contribution is 0.0686. The molecule has 0 spiro atoms. The van der Waals surface area contributed by atoms with Gasteiger partial charge in [-0.15, -0.1) is 0 Å². The number of carboxylic acids is 1. The number of aryl methyl sites for hydroxylation is 1. The highest BCUT2D eigenvalue weighted by atomic mass is 19.1. The second kappa shape index (κ2) is 9.56. The van der Waals surface area contributed by atoms with Gasteiger partial charge in [-0.05, 0) is 18.9 Å². The molecule has 0 atom stereocenters. The lowest BCUT2D eigenvalue weighted by Gasteiger charge is -2.01. The summed E-state index contributed by atoms with van der Waals surface area (Å²) >= 11 is 0. The second-order valence-corrected chi connectivity index (χ2v) is 5.40. The van der Waals surface area contributed by atoms with Crippen molar-refractivity contribution in [2.75, 3.05) is 0 Å². The number of rotatable bonds is 11. The highest BCUT2D eigenvalue weighted by molar-refractivity contribution is 5.85. The summed E-state index contributed by atoms with van der Waals surface area (Å²) in [7, 11) is 0. The van der Waals surface area contributed by atoms with Crippen molar-refractivity contribution < 1.29 is 14.3 Å². The molecule has 2 N–H and O–H groups in total. The van der Waals surface area contributed by atoms with Gasteiger partial charge in [-0.2, -0.15) is 0 Å². The van der Waals surface area contributed by atoms with Crippen LogP contribution in [0.25, 0.3) is 0 Å². The van der Waals surface area contributed by atoms with Gasteiger partial charge < -0.3 is 10.1 Å². The maximum atomic E-state index is 13.2. The number of halogens is 1. The van der Waals surface area contributed by atoms with Crippen molar-refractivity contribution in [3.63, 3.8) is 0 Å². The fourth-order valence-electron chi connectivity index (χ4n) is 2.40. The minimum Gasteiger partial charge on any atom is -0.476 e.